The molecule has 0 saturated heterocycles. The molecule has 6 nitrogen and oxygen atoms in total. The average molecular weight is 295 g/mol. The predicted octanol–water partition coefficient (Wildman–Crippen LogP) is 0.448. The Morgan fingerprint density at radius 3 is 2.60 bits per heavy atom. The van der Waals surface area contributed by atoms with E-state index >= 15 is 0 Å². The van der Waals surface area contributed by atoms with Crippen LogP contribution in [-0.4, -0.2) is 20.4 Å². The molecule has 0 aliphatic rings. The Morgan fingerprint density at radius 2 is 2.15 bits per heavy atom. The topological polar surface area (TPSA) is 115 Å². The molecule has 1 atom stereocenters. The molecule has 0 fully saturated rings. The molecule has 1 rings (SSSR count). The summed E-state index contributed by atoms with van der Waals surface area (Å²) in [7, 11) is -3.84. The molecule has 0 aromatic heterocycles. The fourth-order valence-electron chi connectivity index (χ4n) is 1.66. The molecule has 5 N–H and O–H groups in total. The Kier molecular flexibility index (Phi) is 5.13. The summed E-state index contributed by atoms with van der Waals surface area (Å²) in [5.41, 5.74) is 10.8. The predicted molar refractivity (Wildman–Crippen MR) is 77.2 cm³/mol. The number of rotatable bonds is 6. The van der Waals surface area contributed by atoms with Gasteiger partial charge in [0, 0.05) is 5.56 Å². The van der Waals surface area contributed by atoms with Gasteiger partial charge in [0.2, 0.25) is 15.9 Å². The van der Waals surface area contributed by atoms with E-state index in [0.717, 1.165) is 6.42 Å². The normalized spacial score (nSPS) is 12.6. The smallest absolute Gasteiger partial charge is 0.248 e. The Labute approximate surface area is 118 Å². The molecule has 0 heterocycles. The molecule has 0 aliphatic carbocycles. The fourth-order valence-corrected chi connectivity index (χ4v) is 2.97. The maximum Gasteiger partial charge on any atom is 0.248 e. The molecule has 0 bridgehead atoms. The first-order valence-corrected chi connectivity index (χ1v) is 7.48. The van der Waals surface area contributed by atoms with E-state index in [1.165, 1.54) is 18.2 Å². The van der Waals surface area contributed by atoms with Gasteiger partial charge in [0.15, 0.2) is 0 Å². The number of carbonyl (C=O) groups is 1. The van der Waals surface area contributed by atoms with Crippen molar-refractivity contribution >= 4 is 21.6 Å². The number of sulfonamides is 1. The van der Waals surface area contributed by atoms with E-state index in [-0.39, 0.29) is 16.1 Å². The van der Waals surface area contributed by atoms with Crippen molar-refractivity contribution in [3.05, 3.63) is 23.8 Å². The Balaban J connectivity index is 3.10. The van der Waals surface area contributed by atoms with Crippen LogP contribution in [0.3, 0.4) is 0 Å². The summed E-state index contributed by atoms with van der Waals surface area (Å²) in [5.74, 6) is 1.69. The molecule has 108 valence electrons. The van der Waals surface area contributed by atoms with Crippen LogP contribution in [0.4, 0.5) is 5.69 Å². The zero-order valence-electron chi connectivity index (χ0n) is 11.1. The molecule has 1 amide bonds. The minimum Gasteiger partial charge on any atom is -0.398 e. The Hall–Kier alpha value is -2.04. The lowest BCUT2D eigenvalue weighted by atomic mass is 10.2. The molecule has 0 aliphatic heterocycles. The number of primary amides is 1. The number of terminal acetylenes is 1. The van der Waals surface area contributed by atoms with Crippen LogP contribution in [0.25, 0.3) is 0 Å². The molecule has 1 aromatic carbocycles. The molecule has 0 saturated carbocycles. The van der Waals surface area contributed by atoms with Crippen molar-refractivity contribution in [1.82, 2.24) is 4.72 Å². The van der Waals surface area contributed by atoms with Gasteiger partial charge in [0.05, 0.1) is 11.7 Å². The molecular formula is C13H17N3O3S. The minimum absolute atomic E-state index is 0.0546. The molecule has 0 spiro atoms. The van der Waals surface area contributed by atoms with Crippen molar-refractivity contribution in [2.75, 3.05) is 5.73 Å². The van der Waals surface area contributed by atoms with Gasteiger partial charge in [-0.15, -0.1) is 6.42 Å². The van der Waals surface area contributed by atoms with Crippen molar-refractivity contribution in [3.8, 4) is 12.3 Å². The van der Waals surface area contributed by atoms with Crippen molar-refractivity contribution < 1.29 is 13.2 Å². The number of amides is 1. The summed E-state index contributed by atoms with van der Waals surface area (Å²) in [5, 5.41) is 0. The highest BCUT2D eigenvalue weighted by Gasteiger charge is 2.21. The lowest BCUT2D eigenvalue weighted by molar-refractivity contribution is 0.1000. The van der Waals surface area contributed by atoms with Crippen molar-refractivity contribution in [2.24, 2.45) is 5.73 Å². The zero-order valence-corrected chi connectivity index (χ0v) is 11.9. The molecular weight excluding hydrogens is 278 g/mol. The highest BCUT2D eigenvalue weighted by atomic mass is 32.2. The van der Waals surface area contributed by atoms with E-state index in [1.54, 1.807) is 0 Å². The van der Waals surface area contributed by atoms with Crippen LogP contribution in [-0.2, 0) is 10.0 Å². The Bertz CT molecular complexity index is 647. The number of anilines is 1. The van der Waals surface area contributed by atoms with E-state index in [9.17, 15) is 13.2 Å². The monoisotopic (exact) mass is 295 g/mol. The summed E-state index contributed by atoms with van der Waals surface area (Å²) >= 11 is 0. The molecule has 20 heavy (non-hydrogen) atoms. The molecule has 1 aromatic rings. The number of nitrogen functional groups attached to an aromatic ring is 1. The van der Waals surface area contributed by atoms with Gasteiger partial charge in [0.1, 0.15) is 4.90 Å². The van der Waals surface area contributed by atoms with Crippen LogP contribution in [0.15, 0.2) is 23.1 Å². The van der Waals surface area contributed by atoms with E-state index in [4.69, 9.17) is 17.9 Å². The molecule has 0 radical (unpaired) electrons. The highest BCUT2D eigenvalue weighted by Crippen LogP contribution is 2.20. The number of hydrogen-bond acceptors (Lipinski definition) is 4. The zero-order chi connectivity index (χ0) is 15.3. The Morgan fingerprint density at radius 1 is 1.50 bits per heavy atom. The van der Waals surface area contributed by atoms with Crippen molar-refractivity contribution in [1.29, 1.82) is 0 Å². The molecule has 1 unspecified atom stereocenters. The number of nitrogens with two attached hydrogens (primary N) is 2. The first-order chi connectivity index (χ1) is 9.31. The van der Waals surface area contributed by atoms with Gasteiger partial charge >= 0.3 is 0 Å². The van der Waals surface area contributed by atoms with Gasteiger partial charge in [0.25, 0.3) is 0 Å². The van der Waals surface area contributed by atoms with Gasteiger partial charge in [-0.05, 0) is 24.6 Å². The van der Waals surface area contributed by atoms with Crippen molar-refractivity contribution in [2.45, 2.75) is 30.7 Å². The first-order valence-electron chi connectivity index (χ1n) is 5.99. The summed E-state index contributed by atoms with van der Waals surface area (Å²) in [6, 6.07) is 3.16. The summed E-state index contributed by atoms with van der Waals surface area (Å²) in [6.07, 6.45) is 6.54. The maximum atomic E-state index is 12.2. The lowest BCUT2D eigenvalue weighted by Crippen LogP contribution is -2.34. The SMILES string of the molecule is C#CC(CCC)NS(=O)(=O)c1ccc(C(N)=O)cc1N. The summed E-state index contributed by atoms with van der Waals surface area (Å²) in [6.45, 7) is 1.90. The van der Waals surface area contributed by atoms with Crippen molar-refractivity contribution in [3.63, 3.8) is 0 Å². The van der Waals surface area contributed by atoms with E-state index in [1.807, 2.05) is 6.92 Å². The largest absolute Gasteiger partial charge is 0.398 e. The van der Waals surface area contributed by atoms with Crippen LogP contribution >= 0.6 is 0 Å². The third-order valence-electron chi connectivity index (χ3n) is 2.66. The van der Waals surface area contributed by atoms with Crippen LogP contribution < -0.4 is 16.2 Å². The van der Waals surface area contributed by atoms with E-state index in [2.05, 4.69) is 10.6 Å². The second kappa shape index (κ2) is 6.41. The molecule has 7 heteroatoms. The van der Waals surface area contributed by atoms with E-state index < -0.39 is 22.0 Å². The average Bonchev–Trinajstić information content (AvgIpc) is 2.37. The standard InChI is InChI=1S/C13H17N3O3S/c1-3-5-10(4-2)16-20(18,19)12-7-6-9(13(15)17)8-11(12)14/h2,6-8,10,16H,3,5,14H2,1H3,(H2,15,17). The van der Waals surface area contributed by atoms with E-state index in [0.29, 0.717) is 6.42 Å². The summed E-state index contributed by atoms with van der Waals surface area (Å²) < 4.78 is 26.7. The minimum atomic E-state index is -3.84. The van der Waals surface area contributed by atoms with Gasteiger partial charge in [-0.25, -0.2) is 8.42 Å². The second-order valence-electron chi connectivity index (χ2n) is 4.25. The number of hydrogen-bond donors (Lipinski definition) is 3. The van der Waals surface area contributed by atoms with Crippen LogP contribution in [0.5, 0.6) is 0 Å². The third kappa shape index (κ3) is 3.73. The van der Waals surface area contributed by atoms with Gasteiger partial charge in [-0.2, -0.15) is 4.72 Å². The van der Waals surface area contributed by atoms with Crippen LogP contribution in [0.2, 0.25) is 0 Å². The highest BCUT2D eigenvalue weighted by molar-refractivity contribution is 7.89. The van der Waals surface area contributed by atoms with Gasteiger partial charge in [-0.1, -0.05) is 19.3 Å². The summed E-state index contributed by atoms with van der Waals surface area (Å²) in [4.78, 5) is 10.9. The van der Waals surface area contributed by atoms with Crippen LogP contribution in [0.1, 0.15) is 30.1 Å². The second-order valence-corrected chi connectivity index (χ2v) is 5.93. The van der Waals surface area contributed by atoms with Gasteiger partial charge < -0.3 is 11.5 Å². The van der Waals surface area contributed by atoms with Gasteiger partial charge in [-0.3, -0.25) is 4.79 Å². The number of carbonyl (C=O) groups excluding carboxylic acids is 1. The lowest BCUT2D eigenvalue weighted by Gasteiger charge is -2.14. The van der Waals surface area contributed by atoms with Crippen LogP contribution in [0, 0.1) is 12.3 Å². The third-order valence-corrected chi connectivity index (χ3v) is 4.21. The number of benzene rings is 1. The quantitative estimate of drug-likeness (QED) is 0.522. The fraction of sp³-hybridized carbons (Fsp3) is 0.308. The first kappa shape index (κ1) is 16.0. The maximum absolute atomic E-state index is 12.2. The number of nitrogens with one attached hydrogen (secondary N) is 1.